The van der Waals surface area contributed by atoms with Gasteiger partial charge in [-0.2, -0.15) is 0 Å². The number of aliphatic hydroxyl groups is 1. The van der Waals surface area contributed by atoms with Gasteiger partial charge in [-0.25, -0.2) is 0 Å². The quantitative estimate of drug-likeness (QED) is 0.704. The van der Waals surface area contributed by atoms with E-state index in [1.807, 2.05) is 6.92 Å². The molecule has 14 heavy (non-hydrogen) atoms. The number of aliphatic hydroxyl groups excluding tert-OH is 1. The molecule has 82 valence electrons. The molecule has 0 aliphatic heterocycles. The van der Waals surface area contributed by atoms with E-state index in [1.165, 1.54) is 12.8 Å². The maximum absolute atomic E-state index is 11.5. The van der Waals surface area contributed by atoms with E-state index in [1.54, 1.807) is 0 Å². The molecule has 0 aromatic heterocycles. The van der Waals surface area contributed by atoms with Gasteiger partial charge in [0.2, 0.25) is 5.91 Å². The van der Waals surface area contributed by atoms with Crippen molar-refractivity contribution in [3.63, 3.8) is 0 Å². The first kappa shape index (κ1) is 11.5. The molecule has 1 saturated carbocycles. The maximum Gasteiger partial charge on any atom is 0.223 e. The Morgan fingerprint density at radius 1 is 1.50 bits per heavy atom. The SMILES string of the molecule is CCC(O)CCNC(=O)C1CCCC1. The largest absolute Gasteiger partial charge is 0.393 e. The number of hydrogen-bond donors (Lipinski definition) is 2. The summed E-state index contributed by atoms with van der Waals surface area (Å²) in [4.78, 5) is 11.5. The zero-order chi connectivity index (χ0) is 10.4. The Morgan fingerprint density at radius 2 is 2.14 bits per heavy atom. The highest BCUT2D eigenvalue weighted by atomic mass is 16.3. The van der Waals surface area contributed by atoms with Gasteiger partial charge in [0.15, 0.2) is 0 Å². The molecule has 0 bridgehead atoms. The van der Waals surface area contributed by atoms with Gasteiger partial charge in [-0.3, -0.25) is 4.79 Å². The van der Waals surface area contributed by atoms with Gasteiger partial charge in [0.1, 0.15) is 0 Å². The van der Waals surface area contributed by atoms with Crippen LogP contribution in [0.5, 0.6) is 0 Å². The van der Waals surface area contributed by atoms with E-state index in [0.29, 0.717) is 13.0 Å². The Balaban J connectivity index is 2.08. The molecule has 1 atom stereocenters. The van der Waals surface area contributed by atoms with E-state index in [2.05, 4.69) is 5.32 Å². The Labute approximate surface area is 85.9 Å². The first-order chi connectivity index (χ1) is 6.74. The summed E-state index contributed by atoms with van der Waals surface area (Å²) in [5, 5.41) is 12.2. The molecule has 0 radical (unpaired) electrons. The van der Waals surface area contributed by atoms with Crippen molar-refractivity contribution in [3.05, 3.63) is 0 Å². The van der Waals surface area contributed by atoms with E-state index in [4.69, 9.17) is 0 Å². The van der Waals surface area contributed by atoms with Gasteiger partial charge in [-0.1, -0.05) is 19.8 Å². The first-order valence-corrected chi connectivity index (χ1v) is 5.69. The molecular formula is C11H21NO2. The van der Waals surface area contributed by atoms with E-state index in [0.717, 1.165) is 19.3 Å². The summed E-state index contributed by atoms with van der Waals surface area (Å²) in [5.41, 5.74) is 0. The highest BCUT2D eigenvalue weighted by molar-refractivity contribution is 5.78. The normalized spacial score (nSPS) is 19.6. The highest BCUT2D eigenvalue weighted by Gasteiger charge is 2.21. The van der Waals surface area contributed by atoms with Crippen molar-refractivity contribution in [2.75, 3.05) is 6.54 Å². The zero-order valence-electron chi connectivity index (χ0n) is 8.96. The van der Waals surface area contributed by atoms with Crippen molar-refractivity contribution in [2.45, 2.75) is 51.6 Å². The number of nitrogens with one attached hydrogen (secondary N) is 1. The summed E-state index contributed by atoms with van der Waals surface area (Å²) >= 11 is 0. The number of amides is 1. The minimum absolute atomic E-state index is 0.186. The predicted molar refractivity (Wildman–Crippen MR) is 55.9 cm³/mol. The van der Waals surface area contributed by atoms with E-state index in [-0.39, 0.29) is 17.9 Å². The van der Waals surface area contributed by atoms with Crippen LogP contribution >= 0.6 is 0 Å². The van der Waals surface area contributed by atoms with E-state index in [9.17, 15) is 9.90 Å². The van der Waals surface area contributed by atoms with Gasteiger partial charge in [-0.15, -0.1) is 0 Å². The maximum atomic E-state index is 11.5. The lowest BCUT2D eigenvalue weighted by molar-refractivity contribution is -0.124. The first-order valence-electron chi connectivity index (χ1n) is 5.69. The smallest absolute Gasteiger partial charge is 0.223 e. The van der Waals surface area contributed by atoms with Crippen molar-refractivity contribution in [2.24, 2.45) is 5.92 Å². The highest BCUT2D eigenvalue weighted by Crippen LogP contribution is 2.24. The lowest BCUT2D eigenvalue weighted by atomic mass is 10.1. The molecule has 0 spiro atoms. The number of rotatable bonds is 5. The Kier molecular flexibility index (Phi) is 4.94. The van der Waals surface area contributed by atoms with Gasteiger partial charge in [-0.05, 0) is 25.7 Å². The molecule has 1 aliphatic carbocycles. The second kappa shape index (κ2) is 6.02. The summed E-state index contributed by atoms with van der Waals surface area (Å²) in [7, 11) is 0. The molecule has 1 aliphatic rings. The minimum atomic E-state index is -0.265. The van der Waals surface area contributed by atoms with Crippen LogP contribution < -0.4 is 5.32 Å². The average molecular weight is 199 g/mol. The third kappa shape index (κ3) is 3.66. The molecule has 1 fully saturated rings. The Hall–Kier alpha value is -0.570. The molecule has 1 amide bonds. The van der Waals surface area contributed by atoms with Crippen LogP contribution in [0.3, 0.4) is 0 Å². The summed E-state index contributed by atoms with van der Waals surface area (Å²) in [6.45, 7) is 2.56. The molecular weight excluding hydrogens is 178 g/mol. The Bertz CT molecular complexity index is 176. The van der Waals surface area contributed by atoms with Crippen molar-refractivity contribution >= 4 is 5.91 Å². The van der Waals surface area contributed by atoms with Crippen LogP contribution in [-0.2, 0) is 4.79 Å². The van der Waals surface area contributed by atoms with Gasteiger partial charge in [0.25, 0.3) is 0 Å². The van der Waals surface area contributed by atoms with E-state index >= 15 is 0 Å². The lowest BCUT2D eigenvalue weighted by Gasteiger charge is -2.11. The molecule has 0 aromatic rings. The van der Waals surface area contributed by atoms with Crippen molar-refractivity contribution in [3.8, 4) is 0 Å². The van der Waals surface area contributed by atoms with Crippen molar-refractivity contribution in [1.82, 2.24) is 5.32 Å². The second-order valence-corrected chi connectivity index (χ2v) is 4.12. The molecule has 3 nitrogen and oxygen atoms in total. The zero-order valence-corrected chi connectivity index (χ0v) is 8.96. The molecule has 1 unspecified atom stereocenters. The predicted octanol–water partition coefficient (Wildman–Crippen LogP) is 1.45. The summed E-state index contributed by atoms with van der Waals surface area (Å²) in [5.74, 6) is 0.430. The third-order valence-electron chi connectivity index (χ3n) is 2.97. The van der Waals surface area contributed by atoms with Gasteiger partial charge in [0, 0.05) is 12.5 Å². The molecule has 0 saturated heterocycles. The molecule has 3 heteroatoms. The fourth-order valence-corrected chi connectivity index (χ4v) is 1.90. The van der Waals surface area contributed by atoms with Crippen molar-refractivity contribution in [1.29, 1.82) is 0 Å². The molecule has 2 N–H and O–H groups in total. The minimum Gasteiger partial charge on any atom is -0.393 e. The summed E-state index contributed by atoms with van der Waals surface area (Å²) < 4.78 is 0. The number of carbonyl (C=O) groups excluding carboxylic acids is 1. The van der Waals surface area contributed by atoms with Crippen LogP contribution in [0.15, 0.2) is 0 Å². The van der Waals surface area contributed by atoms with Crippen LogP contribution in [0.2, 0.25) is 0 Å². The lowest BCUT2D eigenvalue weighted by Crippen LogP contribution is -2.31. The molecule has 0 heterocycles. The molecule has 0 aromatic carbocycles. The molecule has 1 rings (SSSR count). The van der Waals surface area contributed by atoms with Crippen LogP contribution in [0.1, 0.15) is 45.4 Å². The average Bonchev–Trinajstić information content (AvgIpc) is 2.70. The van der Waals surface area contributed by atoms with Crippen LogP contribution in [0, 0.1) is 5.92 Å². The fraction of sp³-hybridized carbons (Fsp3) is 0.909. The van der Waals surface area contributed by atoms with E-state index < -0.39 is 0 Å². The topological polar surface area (TPSA) is 49.3 Å². The van der Waals surface area contributed by atoms with Gasteiger partial charge in [0.05, 0.1) is 6.10 Å². The number of carbonyl (C=O) groups is 1. The Morgan fingerprint density at radius 3 is 2.71 bits per heavy atom. The third-order valence-corrected chi connectivity index (χ3v) is 2.97. The van der Waals surface area contributed by atoms with Crippen LogP contribution in [0.25, 0.3) is 0 Å². The van der Waals surface area contributed by atoms with Crippen LogP contribution in [-0.4, -0.2) is 23.7 Å². The van der Waals surface area contributed by atoms with Crippen LogP contribution in [0.4, 0.5) is 0 Å². The summed E-state index contributed by atoms with van der Waals surface area (Å²) in [6, 6.07) is 0. The number of hydrogen-bond acceptors (Lipinski definition) is 2. The monoisotopic (exact) mass is 199 g/mol. The fourth-order valence-electron chi connectivity index (χ4n) is 1.90. The van der Waals surface area contributed by atoms with Gasteiger partial charge >= 0.3 is 0 Å². The van der Waals surface area contributed by atoms with Gasteiger partial charge < -0.3 is 10.4 Å². The second-order valence-electron chi connectivity index (χ2n) is 4.12. The summed E-state index contributed by atoms with van der Waals surface area (Å²) in [6.07, 6.45) is 5.64. The standard InChI is InChI=1S/C11H21NO2/c1-2-10(13)7-8-12-11(14)9-5-3-4-6-9/h9-10,13H,2-8H2,1H3,(H,12,14). The van der Waals surface area contributed by atoms with Crippen molar-refractivity contribution < 1.29 is 9.90 Å².